The number of nitrogens with zero attached hydrogens (tertiary/aromatic N) is 1. The molecule has 0 spiro atoms. The number of ether oxygens (including phenoxy) is 1. The van der Waals surface area contributed by atoms with E-state index in [1.165, 1.54) is 17.5 Å². The Hall–Kier alpha value is -1.64. The van der Waals surface area contributed by atoms with Gasteiger partial charge in [0, 0.05) is 6.04 Å². The molecule has 2 saturated heterocycles. The SMILES string of the molecule is c1ccc(C2CCC3OCC(c4ccccc4)N32)cc1. The predicted molar refractivity (Wildman–Crippen MR) is 79.2 cm³/mol. The Morgan fingerprint density at radius 3 is 2.00 bits per heavy atom. The smallest absolute Gasteiger partial charge is 0.111 e. The van der Waals surface area contributed by atoms with Crippen LogP contribution in [0.25, 0.3) is 0 Å². The van der Waals surface area contributed by atoms with E-state index >= 15 is 0 Å². The topological polar surface area (TPSA) is 12.5 Å². The Morgan fingerprint density at radius 1 is 0.750 bits per heavy atom. The van der Waals surface area contributed by atoms with Crippen LogP contribution in [-0.4, -0.2) is 17.7 Å². The van der Waals surface area contributed by atoms with Crippen molar-refractivity contribution in [1.29, 1.82) is 0 Å². The normalized spacial score (nSPS) is 29.5. The maximum absolute atomic E-state index is 6.02. The minimum absolute atomic E-state index is 0.297. The summed E-state index contributed by atoms with van der Waals surface area (Å²) in [5.41, 5.74) is 2.79. The zero-order valence-electron chi connectivity index (χ0n) is 11.5. The van der Waals surface area contributed by atoms with Crippen molar-refractivity contribution in [1.82, 2.24) is 4.90 Å². The zero-order valence-corrected chi connectivity index (χ0v) is 11.5. The second-order valence-electron chi connectivity index (χ2n) is 5.67. The summed E-state index contributed by atoms with van der Waals surface area (Å²) < 4.78 is 6.02. The molecule has 4 rings (SSSR count). The van der Waals surface area contributed by atoms with E-state index < -0.39 is 0 Å². The van der Waals surface area contributed by atoms with Crippen LogP contribution in [-0.2, 0) is 4.74 Å². The quantitative estimate of drug-likeness (QED) is 0.816. The van der Waals surface area contributed by atoms with Crippen molar-refractivity contribution in [3.05, 3.63) is 71.8 Å². The first-order valence-corrected chi connectivity index (χ1v) is 7.42. The molecule has 2 heterocycles. The molecule has 2 aliphatic rings. The summed E-state index contributed by atoms with van der Waals surface area (Å²) in [6.45, 7) is 0.817. The van der Waals surface area contributed by atoms with Gasteiger partial charge in [-0.3, -0.25) is 4.90 Å². The molecule has 0 radical (unpaired) electrons. The highest BCUT2D eigenvalue weighted by Gasteiger charge is 2.44. The fraction of sp³-hybridized carbons (Fsp3) is 0.333. The third-order valence-corrected chi connectivity index (χ3v) is 4.55. The van der Waals surface area contributed by atoms with Crippen LogP contribution < -0.4 is 0 Å². The van der Waals surface area contributed by atoms with Crippen LogP contribution in [0, 0.1) is 0 Å². The maximum atomic E-state index is 6.02. The van der Waals surface area contributed by atoms with E-state index in [1.54, 1.807) is 0 Å². The Balaban J connectivity index is 1.67. The molecule has 2 heteroatoms. The van der Waals surface area contributed by atoms with E-state index in [1.807, 2.05) is 0 Å². The van der Waals surface area contributed by atoms with Gasteiger partial charge < -0.3 is 4.74 Å². The van der Waals surface area contributed by atoms with Gasteiger partial charge >= 0.3 is 0 Å². The minimum atomic E-state index is 0.297. The summed E-state index contributed by atoms with van der Waals surface area (Å²) in [6.07, 6.45) is 2.63. The van der Waals surface area contributed by atoms with E-state index in [2.05, 4.69) is 65.6 Å². The number of hydrogen-bond donors (Lipinski definition) is 0. The summed E-state index contributed by atoms with van der Waals surface area (Å²) in [7, 11) is 0. The summed E-state index contributed by atoms with van der Waals surface area (Å²) >= 11 is 0. The monoisotopic (exact) mass is 265 g/mol. The van der Waals surface area contributed by atoms with Crippen molar-refractivity contribution in [3.63, 3.8) is 0 Å². The molecule has 0 saturated carbocycles. The van der Waals surface area contributed by atoms with E-state index in [-0.39, 0.29) is 0 Å². The second kappa shape index (κ2) is 5.04. The molecular weight excluding hydrogens is 246 g/mol. The summed E-state index contributed by atoms with van der Waals surface area (Å²) in [4.78, 5) is 2.57. The lowest BCUT2D eigenvalue weighted by Gasteiger charge is -2.29. The minimum Gasteiger partial charge on any atom is -0.361 e. The summed E-state index contributed by atoms with van der Waals surface area (Å²) in [6, 6.07) is 22.5. The van der Waals surface area contributed by atoms with Crippen molar-refractivity contribution >= 4 is 0 Å². The molecule has 0 amide bonds. The molecule has 20 heavy (non-hydrogen) atoms. The van der Waals surface area contributed by atoms with Crippen molar-refractivity contribution in [2.45, 2.75) is 31.2 Å². The number of rotatable bonds is 2. The van der Waals surface area contributed by atoms with Crippen molar-refractivity contribution in [2.24, 2.45) is 0 Å². The van der Waals surface area contributed by atoms with E-state index in [9.17, 15) is 0 Å². The fourth-order valence-corrected chi connectivity index (χ4v) is 3.63. The van der Waals surface area contributed by atoms with Crippen LogP contribution in [0.3, 0.4) is 0 Å². The molecule has 2 aromatic rings. The summed E-state index contributed by atoms with van der Waals surface area (Å²) in [5.74, 6) is 0. The largest absolute Gasteiger partial charge is 0.361 e. The van der Waals surface area contributed by atoms with Gasteiger partial charge in [0.2, 0.25) is 0 Å². The van der Waals surface area contributed by atoms with Gasteiger partial charge in [-0.2, -0.15) is 0 Å². The van der Waals surface area contributed by atoms with Crippen molar-refractivity contribution in [3.8, 4) is 0 Å². The van der Waals surface area contributed by atoms with Gasteiger partial charge in [-0.1, -0.05) is 60.7 Å². The average molecular weight is 265 g/mol. The Morgan fingerprint density at radius 2 is 1.35 bits per heavy atom. The highest BCUT2D eigenvalue weighted by molar-refractivity contribution is 5.25. The molecule has 3 unspecified atom stereocenters. The molecule has 2 fully saturated rings. The van der Waals surface area contributed by atoms with Gasteiger partial charge in [-0.25, -0.2) is 0 Å². The molecular formula is C18H19NO. The fourth-order valence-electron chi connectivity index (χ4n) is 3.63. The Labute approximate surface area is 120 Å². The first-order chi connectivity index (χ1) is 9.93. The highest BCUT2D eigenvalue weighted by atomic mass is 16.5. The van der Waals surface area contributed by atoms with Crippen LogP contribution in [0.2, 0.25) is 0 Å². The Kier molecular flexibility index (Phi) is 3.06. The van der Waals surface area contributed by atoms with Gasteiger partial charge in [0.05, 0.1) is 12.6 Å². The molecule has 3 atom stereocenters. The molecule has 0 N–H and O–H groups in total. The van der Waals surface area contributed by atoms with Crippen LogP contribution in [0.5, 0.6) is 0 Å². The molecule has 2 aromatic carbocycles. The van der Waals surface area contributed by atoms with Gasteiger partial charge in [-0.05, 0) is 24.0 Å². The number of benzene rings is 2. The zero-order chi connectivity index (χ0) is 13.4. The highest BCUT2D eigenvalue weighted by Crippen LogP contribution is 2.46. The Bertz CT molecular complexity index is 517. The maximum Gasteiger partial charge on any atom is 0.111 e. The van der Waals surface area contributed by atoms with Crippen LogP contribution >= 0.6 is 0 Å². The standard InChI is InChI=1S/C18H19NO/c1-3-7-14(8-4-1)16-11-12-18-19(16)17(13-20-18)15-9-5-2-6-10-15/h1-10,16-18H,11-13H2. The van der Waals surface area contributed by atoms with Gasteiger partial charge in [-0.15, -0.1) is 0 Å². The molecule has 2 nitrogen and oxygen atoms in total. The molecule has 102 valence electrons. The van der Waals surface area contributed by atoms with Crippen LogP contribution in [0.15, 0.2) is 60.7 Å². The van der Waals surface area contributed by atoms with E-state index in [0.29, 0.717) is 18.3 Å². The van der Waals surface area contributed by atoms with Crippen molar-refractivity contribution < 1.29 is 4.74 Å². The number of hydrogen-bond acceptors (Lipinski definition) is 2. The molecule has 0 aliphatic carbocycles. The van der Waals surface area contributed by atoms with Gasteiger partial charge in [0.25, 0.3) is 0 Å². The predicted octanol–water partition coefficient (Wildman–Crippen LogP) is 3.92. The van der Waals surface area contributed by atoms with E-state index in [0.717, 1.165) is 13.0 Å². The first-order valence-electron chi connectivity index (χ1n) is 7.42. The lowest BCUT2D eigenvalue weighted by molar-refractivity contribution is 0.0458. The molecule has 0 aromatic heterocycles. The first kappa shape index (κ1) is 12.1. The third-order valence-electron chi connectivity index (χ3n) is 4.55. The summed E-state index contributed by atoms with van der Waals surface area (Å²) in [5, 5.41) is 0. The lowest BCUT2D eigenvalue weighted by atomic mass is 10.0. The van der Waals surface area contributed by atoms with Gasteiger partial charge in [0.15, 0.2) is 0 Å². The van der Waals surface area contributed by atoms with Crippen LogP contribution in [0.4, 0.5) is 0 Å². The van der Waals surface area contributed by atoms with Crippen molar-refractivity contribution in [2.75, 3.05) is 6.61 Å². The third kappa shape index (κ3) is 1.96. The second-order valence-corrected chi connectivity index (χ2v) is 5.67. The average Bonchev–Trinajstić information content (AvgIpc) is 3.10. The van der Waals surface area contributed by atoms with E-state index in [4.69, 9.17) is 4.74 Å². The van der Waals surface area contributed by atoms with Gasteiger partial charge in [0.1, 0.15) is 6.23 Å². The number of fused-ring (bicyclic) bond motifs is 1. The molecule has 0 bridgehead atoms. The van der Waals surface area contributed by atoms with Crippen LogP contribution in [0.1, 0.15) is 36.1 Å². The lowest BCUT2D eigenvalue weighted by Crippen LogP contribution is -2.29. The molecule has 2 aliphatic heterocycles.